The predicted octanol–water partition coefficient (Wildman–Crippen LogP) is 6.30. The van der Waals surface area contributed by atoms with E-state index in [0.717, 1.165) is 0 Å². The summed E-state index contributed by atoms with van der Waals surface area (Å²) in [5.41, 5.74) is -1.73. The van der Waals surface area contributed by atoms with E-state index in [-0.39, 0.29) is 11.1 Å². The van der Waals surface area contributed by atoms with Crippen molar-refractivity contribution in [2.75, 3.05) is 0 Å². The standard InChI is InChI=1S/C18H14F6/c1-2-3-4-5-11-6-7-13(14(19)8-11)12-9-15(20)17(16(21)10-12)18(22,23)24/h2-3,6-10H,4-5H2,1H3/b3-2+. The fourth-order valence-corrected chi connectivity index (χ4v) is 2.36. The van der Waals surface area contributed by atoms with Gasteiger partial charge in [0.1, 0.15) is 23.0 Å². The molecule has 0 aromatic heterocycles. The highest BCUT2D eigenvalue weighted by atomic mass is 19.4. The van der Waals surface area contributed by atoms with Gasteiger partial charge in [0, 0.05) is 5.56 Å². The van der Waals surface area contributed by atoms with Crippen LogP contribution in [0, 0.1) is 17.5 Å². The molecule has 2 aromatic rings. The quantitative estimate of drug-likeness (QED) is 0.451. The van der Waals surface area contributed by atoms with E-state index in [0.29, 0.717) is 30.5 Å². The molecular formula is C18H14F6. The summed E-state index contributed by atoms with van der Waals surface area (Å²) >= 11 is 0. The second kappa shape index (κ2) is 7.11. The van der Waals surface area contributed by atoms with E-state index in [1.165, 1.54) is 12.1 Å². The highest BCUT2D eigenvalue weighted by molar-refractivity contribution is 5.65. The Bertz CT molecular complexity index is 736. The first-order chi connectivity index (χ1) is 11.2. The van der Waals surface area contributed by atoms with E-state index in [9.17, 15) is 26.3 Å². The van der Waals surface area contributed by atoms with Crippen molar-refractivity contribution >= 4 is 0 Å². The van der Waals surface area contributed by atoms with E-state index < -0.39 is 29.2 Å². The van der Waals surface area contributed by atoms with Gasteiger partial charge in [0.05, 0.1) is 0 Å². The van der Waals surface area contributed by atoms with Crippen molar-refractivity contribution in [3.63, 3.8) is 0 Å². The lowest BCUT2D eigenvalue weighted by molar-refractivity contribution is -0.142. The van der Waals surface area contributed by atoms with E-state index >= 15 is 0 Å². The van der Waals surface area contributed by atoms with Crippen molar-refractivity contribution in [2.45, 2.75) is 25.9 Å². The van der Waals surface area contributed by atoms with Crippen molar-refractivity contribution < 1.29 is 26.3 Å². The highest BCUT2D eigenvalue weighted by Crippen LogP contribution is 2.36. The molecule has 2 rings (SSSR count). The Kier molecular flexibility index (Phi) is 5.36. The van der Waals surface area contributed by atoms with Gasteiger partial charge in [-0.1, -0.05) is 24.3 Å². The van der Waals surface area contributed by atoms with Gasteiger partial charge in [0.25, 0.3) is 0 Å². The Morgan fingerprint density at radius 1 is 0.917 bits per heavy atom. The Morgan fingerprint density at radius 3 is 2.04 bits per heavy atom. The summed E-state index contributed by atoms with van der Waals surface area (Å²) in [5.74, 6) is -4.28. The Balaban J connectivity index is 2.39. The zero-order chi connectivity index (χ0) is 17.9. The predicted molar refractivity (Wildman–Crippen MR) is 79.9 cm³/mol. The van der Waals surface area contributed by atoms with Crippen LogP contribution in [0.4, 0.5) is 26.3 Å². The Labute approximate surface area is 135 Å². The lowest BCUT2D eigenvalue weighted by Crippen LogP contribution is -2.11. The largest absolute Gasteiger partial charge is 0.422 e. The number of allylic oxidation sites excluding steroid dienone is 2. The molecule has 6 heteroatoms. The molecular weight excluding hydrogens is 330 g/mol. The van der Waals surface area contributed by atoms with Crippen LogP contribution in [-0.4, -0.2) is 0 Å². The molecule has 24 heavy (non-hydrogen) atoms. The lowest BCUT2D eigenvalue weighted by Gasteiger charge is -2.12. The number of rotatable bonds is 4. The fourth-order valence-electron chi connectivity index (χ4n) is 2.36. The molecule has 0 saturated heterocycles. The van der Waals surface area contributed by atoms with Crippen LogP contribution in [0.5, 0.6) is 0 Å². The van der Waals surface area contributed by atoms with Crippen LogP contribution < -0.4 is 0 Å². The minimum Gasteiger partial charge on any atom is -0.206 e. The molecule has 0 nitrogen and oxygen atoms in total. The van der Waals surface area contributed by atoms with Gasteiger partial charge in [-0.25, -0.2) is 13.2 Å². The second-order valence-electron chi connectivity index (χ2n) is 5.23. The molecule has 0 aliphatic carbocycles. The molecule has 0 fully saturated rings. The summed E-state index contributed by atoms with van der Waals surface area (Å²) in [6.45, 7) is 1.86. The highest BCUT2D eigenvalue weighted by Gasteiger charge is 2.38. The molecule has 0 bridgehead atoms. The van der Waals surface area contributed by atoms with Crippen LogP contribution in [0.2, 0.25) is 0 Å². The molecule has 0 unspecified atom stereocenters. The molecule has 128 valence electrons. The summed E-state index contributed by atoms with van der Waals surface area (Å²) in [7, 11) is 0. The van der Waals surface area contributed by atoms with Crippen LogP contribution in [0.3, 0.4) is 0 Å². The Hall–Kier alpha value is -2.24. The lowest BCUT2D eigenvalue weighted by atomic mass is 9.99. The number of benzene rings is 2. The smallest absolute Gasteiger partial charge is 0.206 e. The van der Waals surface area contributed by atoms with E-state index in [1.807, 2.05) is 19.1 Å². The van der Waals surface area contributed by atoms with Crippen LogP contribution >= 0.6 is 0 Å². The summed E-state index contributed by atoms with van der Waals surface area (Å²) < 4.78 is 79.1. The molecule has 0 N–H and O–H groups in total. The molecule has 2 aromatic carbocycles. The van der Waals surface area contributed by atoms with Crippen molar-refractivity contribution in [1.29, 1.82) is 0 Å². The summed E-state index contributed by atoms with van der Waals surface area (Å²) in [6, 6.07) is 5.08. The van der Waals surface area contributed by atoms with E-state index in [4.69, 9.17) is 0 Å². The zero-order valence-electron chi connectivity index (χ0n) is 12.7. The van der Waals surface area contributed by atoms with E-state index in [2.05, 4.69) is 0 Å². The van der Waals surface area contributed by atoms with Gasteiger partial charge in [-0.3, -0.25) is 0 Å². The number of aryl methyl sites for hydroxylation is 1. The van der Waals surface area contributed by atoms with E-state index in [1.54, 1.807) is 6.07 Å². The average Bonchev–Trinajstić information content (AvgIpc) is 2.45. The zero-order valence-corrected chi connectivity index (χ0v) is 12.7. The molecule has 0 heterocycles. The monoisotopic (exact) mass is 344 g/mol. The first-order valence-corrected chi connectivity index (χ1v) is 7.20. The average molecular weight is 344 g/mol. The maximum Gasteiger partial charge on any atom is 0.422 e. The number of halogens is 6. The maximum atomic E-state index is 14.2. The van der Waals surface area contributed by atoms with Gasteiger partial charge >= 0.3 is 6.18 Å². The number of hydrogen-bond donors (Lipinski definition) is 0. The molecule has 0 saturated carbocycles. The third kappa shape index (κ3) is 3.99. The summed E-state index contributed by atoms with van der Waals surface area (Å²) in [6.07, 6.45) is -0.0943. The molecule has 0 amide bonds. The number of hydrogen-bond acceptors (Lipinski definition) is 0. The van der Waals surface area contributed by atoms with Gasteiger partial charge in [0.15, 0.2) is 0 Å². The van der Waals surface area contributed by atoms with Gasteiger partial charge < -0.3 is 0 Å². The van der Waals surface area contributed by atoms with Crippen molar-refractivity contribution in [3.8, 4) is 11.1 Å². The van der Waals surface area contributed by atoms with Crippen molar-refractivity contribution in [2.24, 2.45) is 0 Å². The van der Waals surface area contributed by atoms with Gasteiger partial charge in [-0.05, 0) is 49.1 Å². The second-order valence-corrected chi connectivity index (χ2v) is 5.23. The van der Waals surface area contributed by atoms with Crippen LogP contribution in [-0.2, 0) is 12.6 Å². The molecule has 0 spiro atoms. The van der Waals surface area contributed by atoms with Gasteiger partial charge in [0.2, 0.25) is 0 Å². The maximum absolute atomic E-state index is 14.2. The first-order valence-electron chi connectivity index (χ1n) is 7.20. The number of alkyl halides is 3. The molecule has 0 radical (unpaired) electrons. The fraction of sp³-hybridized carbons (Fsp3) is 0.222. The van der Waals surface area contributed by atoms with Crippen LogP contribution in [0.25, 0.3) is 11.1 Å². The Morgan fingerprint density at radius 2 is 1.54 bits per heavy atom. The van der Waals surface area contributed by atoms with Gasteiger partial charge in [-0.2, -0.15) is 13.2 Å². The summed E-state index contributed by atoms with van der Waals surface area (Å²) in [4.78, 5) is 0. The van der Waals surface area contributed by atoms with Crippen LogP contribution in [0.1, 0.15) is 24.5 Å². The van der Waals surface area contributed by atoms with Crippen molar-refractivity contribution in [3.05, 3.63) is 71.1 Å². The summed E-state index contributed by atoms with van der Waals surface area (Å²) in [5, 5.41) is 0. The minimum atomic E-state index is -5.15. The topological polar surface area (TPSA) is 0 Å². The molecule has 0 atom stereocenters. The van der Waals surface area contributed by atoms with Crippen molar-refractivity contribution in [1.82, 2.24) is 0 Å². The third-order valence-corrected chi connectivity index (χ3v) is 3.51. The first kappa shape index (κ1) is 18.1. The molecule has 0 aliphatic rings. The van der Waals surface area contributed by atoms with Crippen LogP contribution in [0.15, 0.2) is 42.5 Å². The third-order valence-electron chi connectivity index (χ3n) is 3.51. The minimum absolute atomic E-state index is 0.156. The SMILES string of the molecule is C/C=C/CCc1ccc(-c2cc(F)c(C(F)(F)F)c(F)c2)c(F)c1. The normalized spacial score (nSPS) is 12.1. The molecule has 0 aliphatic heterocycles. The van der Waals surface area contributed by atoms with Gasteiger partial charge in [-0.15, -0.1) is 0 Å².